The van der Waals surface area contributed by atoms with Gasteiger partial charge in [0.25, 0.3) is 0 Å². The van der Waals surface area contributed by atoms with Crippen LogP contribution in [0.4, 0.5) is 26.7 Å². The molecule has 0 saturated carbocycles. The lowest BCUT2D eigenvalue weighted by molar-refractivity contribution is -0.293. The number of hydrogen-bond donors (Lipinski definition) is 2. The van der Waals surface area contributed by atoms with Crippen molar-refractivity contribution in [2.45, 2.75) is 25.1 Å². The van der Waals surface area contributed by atoms with Gasteiger partial charge >= 0.3 is 24.1 Å². The van der Waals surface area contributed by atoms with Crippen molar-refractivity contribution in [3.63, 3.8) is 0 Å². The average Bonchev–Trinajstić information content (AvgIpc) is 2.51. The Morgan fingerprint density at radius 1 is 1.16 bits per heavy atom. The lowest BCUT2D eigenvalue weighted by atomic mass is 9.96. The van der Waals surface area contributed by atoms with Gasteiger partial charge in [-0.25, -0.2) is 9.59 Å². The molecule has 1 unspecified atom stereocenters. The summed E-state index contributed by atoms with van der Waals surface area (Å²) < 4.78 is 66.6. The molecule has 0 radical (unpaired) electrons. The Labute approximate surface area is 138 Å². The van der Waals surface area contributed by atoms with Crippen molar-refractivity contribution in [3.8, 4) is 0 Å². The van der Waals surface area contributed by atoms with E-state index in [1.54, 1.807) is 30.3 Å². The largest absolute Gasteiger partial charge is 0.456 e. The minimum absolute atomic E-state index is 0.00192. The highest BCUT2D eigenvalue weighted by Gasteiger charge is 2.58. The SMILES string of the molecule is CC1=C(C(=O)OCC(F)(F)C(F)(F)F)C(c2ccccc2)NC(=O)N1. The normalized spacial score (nSPS) is 18.5. The van der Waals surface area contributed by atoms with Crippen LogP contribution in [0.25, 0.3) is 0 Å². The number of alkyl halides is 5. The van der Waals surface area contributed by atoms with Gasteiger partial charge in [-0.2, -0.15) is 22.0 Å². The van der Waals surface area contributed by atoms with E-state index in [2.05, 4.69) is 15.4 Å². The monoisotopic (exact) mass is 364 g/mol. The molecule has 1 aliphatic rings. The minimum Gasteiger partial charge on any atom is -0.455 e. The van der Waals surface area contributed by atoms with Gasteiger partial charge in [0.1, 0.15) is 0 Å². The van der Waals surface area contributed by atoms with E-state index >= 15 is 0 Å². The molecule has 2 N–H and O–H groups in total. The van der Waals surface area contributed by atoms with E-state index < -0.39 is 36.7 Å². The van der Waals surface area contributed by atoms with Crippen LogP contribution >= 0.6 is 0 Å². The third-order valence-corrected chi connectivity index (χ3v) is 3.42. The summed E-state index contributed by atoms with van der Waals surface area (Å²) in [6, 6.07) is 6.32. The number of esters is 1. The fraction of sp³-hybridized carbons (Fsp3) is 0.333. The molecule has 0 fully saturated rings. The van der Waals surface area contributed by atoms with E-state index in [1.807, 2.05) is 0 Å². The van der Waals surface area contributed by atoms with Crippen molar-refractivity contribution >= 4 is 12.0 Å². The van der Waals surface area contributed by atoms with Crippen LogP contribution in [0.1, 0.15) is 18.5 Å². The topological polar surface area (TPSA) is 67.4 Å². The number of halogens is 5. The second-order valence-corrected chi connectivity index (χ2v) is 5.26. The van der Waals surface area contributed by atoms with E-state index in [9.17, 15) is 31.5 Å². The first-order valence-electron chi connectivity index (χ1n) is 6.98. The van der Waals surface area contributed by atoms with Crippen LogP contribution in [0.15, 0.2) is 41.6 Å². The van der Waals surface area contributed by atoms with E-state index in [0.717, 1.165) is 0 Å². The molecule has 0 saturated heterocycles. The van der Waals surface area contributed by atoms with Gasteiger partial charge < -0.3 is 15.4 Å². The van der Waals surface area contributed by atoms with Crippen LogP contribution in [0.5, 0.6) is 0 Å². The Balaban J connectivity index is 2.25. The Bertz CT molecular complexity index is 701. The number of allylic oxidation sites excluding steroid dienone is 1. The Morgan fingerprint density at radius 2 is 1.76 bits per heavy atom. The molecule has 25 heavy (non-hydrogen) atoms. The van der Waals surface area contributed by atoms with Crippen molar-refractivity contribution in [2.75, 3.05) is 6.61 Å². The highest BCUT2D eigenvalue weighted by molar-refractivity contribution is 5.95. The zero-order valence-corrected chi connectivity index (χ0v) is 12.8. The zero-order valence-electron chi connectivity index (χ0n) is 12.8. The van der Waals surface area contributed by atoms with Crippen molar-refractivity contribution < 1.29 is 36.3 Å². The van der Waals surface area contributed by atoms with Crippen molar-refractivity contribution in [1.29, 1.82) is 0 Å². The average molecular weight is 364 g/mol. The van der Waals surface area contributed by atoms with Crippen LogP contribution in [0.2, 0.25) is 0 Å². The molecule has 0 bridgehead atoms. The fourth-order valence-electron chi connectivity index (χ4n) is 2.18. The molecule has 136 valence electrons. The number of carbonyl (C=O) groups excluding carboxylic acids is 2. The number of benzene rings is 1. The Morgan fingerprint density at radius 3 is 2.32 bits per heavy atom. The third kappa shape index (κ3) is 4.06. The Kier molecular flexibility index (Phi) is 5.00. The van der Waals surface area contributed by atoms with Gasteiger partial charge in [0.05, 0.1) is 11.6 Å². The van der Waals surface area contributed by atoms with E-state index in [0.29, 0.717) is 5.56 Å². The van der Waals surface area contributed by atoms with E-state index in [4.69, 9.17) is 0 Å². The van der Waals surface area contributed by atoms with Crippen molar-refractivity contribution in [2.24, 2.45) is 0 Å². The van der Waals surface area contributed by atoms with Crippen molar-refractivity contribution in [3.05, 3.63) is 47.2 Å². The minimum atomic E-state index is -5.84. The summed E-state index contributed by atoms with van der Waals surface area (Å²) in [5.74, 6) is -6.56. The van der Waals surface area contributed by atoms with Crippen LogP contribution in [0.3, 0.4) is 0 Å². The van der Waals surface area contributed by atoms with Gasteiger partial charge in [0.15, 0.2) is 6.61 Å². The third-order valence-electron chi connectivity index (χ3n) is 3.42. The van der Waals surface area contributed by atoms with Gasteiger partial charge in [0.2, 0.25) is 0 Å². The second kappa shape index (κ2) is 6.69. The first-order chi connectivity index (χ1) is 11.5. The Hall–Kier alpha value is -2.65. The molecular formula is C15H13F5N2O3. The van der Waals surface area contributed by atoms with Gasteiger partial charge in [-0.15, -0.1) is 0 Å². The molecule has 2 rings (SSSR count). The quantitative estimate of drug-likeness (QED) is 0.638. The molecule has 0 spiro atoms. The number of urea groups is 1. The summed E-state index contributed by atoms with van der Waals surface area (Å²) in [5, 5.41) is 4.66. The fourth-order valence-corrected chi connectivity index (χ4v) is 2.18. The van der Waals surface area contributed by atoms with Gasteiger partial charge in [-0.05, 0) is 12.5 Å². The number of rotatable bonds is 4. The maximum Gasteiger partial charge on any atom is 0.456 e. The standard InChI is InChI=1S/C15H13F5N2O3/c1-8-10(12(23)25-7-14(16,17)15(18,19)20)11(22-13(24)21-8)9-5-3-2-4-6-9/h2-6,11H,7H2,1H3,(H2,21,22,24). The molecule has 1 aromatic carbocycles. The summed E-state index contributed by atoms with van der Waals surface area (Å²) in [7, 11) is 0. The smallest absolute Gasteiger partial charge is 0.455 e. The molecule has 10 heteroatoms. The van der Waals surface area contributed by atoms with Crippen LogP contribution in [-0.2, 0) is 9.53 Å². The van der Waals surface area contributed by atoms with Gasteiger partial charge in [-0.3, -0.25) is 0 Å². The predicted molar refractivity (Wildman–Crippen MR) is 75.5 cm³/mol. The molecule has 1 atom stereocenters. The first-order valence-corrected chi connectivity index (χ1v) is 6.98. The summed E-state index contributed by atoms with van der Waals surface area (Å²) in [6.45, 7) is -0.839. The summed E-state index contributed by atoms with van der Waals surface area (Å²) in [6.07, 6.45) is -5.84. The number of nitrogens with one attached hydrogen (secondary N) is 2. The van der Waals surface area contributed by atoms with E-state index in [-0.39, 0.29) is 11.3 Å². The van der Waals surface area contributed by atoms with Crippen molar-refractivity contribution in [1.82, 2.24) is 10.6 Å². The molecule has 5 nitrogen and oxygen atoms in total. The lowest BCUT2D eigenvalue weighted by Crippen LogP contribution is -2.46. The molecule has 0 aliphatic carbocycles. The molecule has 1 aliphatic heterocycles. The van der Waals surface area contributed by atoms with Crippen LogP contribution in [0, 0.1) is 0 Å². The molecule has 0 aromatic heterocycles. The second-order valence-electron chi connectivity index (χ2n) is 5.26. The number of amides is 2. The van der Waals surface area contributed by atoms with E-state index in [1.165, 1.54) is 6.92 Å². The summed E-state index contributed by atoms with van der Waals surface area (Å²) in [5.41, 5.74) is 0.174. The predicted octanol–water partition coefficient (Wildman–Crippen LogP) is 3.06. The number of ether oxygens (including phenoxy) is 1. The van der Waals surface area contributed by atoms with Gasteiger partial charge in [-0.1, -0.05) is 30.3 Å². The lowest BCUT2D eigenvalue weighted by Gasteiger charge is -2.28. The maximum atomic E-state index is 12.9. The van der Waals surface area contributed by atoms with Crippen LogP contribution in [-0.4, -0.2) is 30.7 Å². The summed E-state index contributed by atoms with van der Waals surface area (Å²) in [4.78, 5) is 23.7. The molecule has 1 aromatic rings. The van der Waals surface area contributed by atoms with Crippen LogP contribution < -0.4 is 10.6 Å². The molecule has 1 heterocycles. The molecule has 2 amide bonds. The zero-order chi connectivity index (χ0) is 18.8. The number of hydrogen-bond acceptors (Lipinski definition) is 3. The highest BCUT2D eigenvalue weighted by Crippen LogP contribution is 2.36. The van der Waals surface area contributed by atoms with Gasteiger partial charge in [0, 0.05) is 5.70 Å². The molecular weight excluding hydrogens is 351 g/mol. The number of carbonyl (C=O) groups is 2. The highest BCUT2D eigenvalue weighted by atomic mass is 19.4. The maximum absolute atomic E-state index is 12.9. The first kappa shape index (κ1) is 18.7. The summed E-state index contributed by atoms with van der Waals surface area (Å²) >= 11 is 0.